The summed E-state index contributed by atoms with van der Waals surface area (Å²) in [6.45, 7) is 0. The highest BCUT2D eigenvalue weighted by Gasteiger charge is 2.00. The molecular weight excluding hydrogens is 256 g/mol. The lowest BCUT2D eigenvalue weighted by Gasteiger charge is -1.97. The molecule has 8 heteroatoms. The Bertz CT molecular complexity index is 428. The minimum absolute atomic E-state index is 0. The summed E-state index contributed by atoms with van der Waals surface area (Å²) >= 11 is 5.53. The lowest BCUT2D eigenvalue weighted by Crippen LogP contribution is -3.00. The van der Waals surface area contributed by atoms with E-state index >= 15 is 0 Å². The van der Waals surface area contributed by atoms with E-state index in [4.69, 9.17) is 28.8 Å². The lowest BCUT2D eigenvalue weighted by molar-refractivity contribution is -0.00000415. The molecule has 0 spiro atoms. The van der Waals surface area contributed by atoms with Gasteiger partial charge in [0, 0.05) is 0 Å². The molecule has 1 aromatic carbocycles. The van der Waals surface area contributed by atoms with E-state index < -0.39 is 5.82 Å². The molecule has 6 N–H and O–H groups in total. The second kappa shape index (κ2) is 6.14. The Balaban J connectivity index is 0.00000225. The SMILES string of the molecule is NC(N)=NC(N)=Nc1ccc(F)c(Cl)c1.[Cl-]. The number of rotatable bonds is 1. The number of halogens is 3. The van der Waals surface area contributed by atoms with Crippen LogP contribution in [0.3, 0.4) is 0 Å². The van der Waals surface area contributed by atoms with Gasteiger partial charge >= 0.3 is 0 Å². The molecule has 0 bridgehead atoms. The molecule has 0 atom stereocenters. The largest absolute Gasteiger partial charge is 1.00 e. The maximum Gasteiger partial charge on any atom is 0.223 e. The predicted molar refractivity (Wildman–Crippen MR) is 58.5 cm³/mol. The van der Waals surface area contributed by atoms with Crippen LogP contribution in [0.5, 0.6) is 0 Å². The van der Waals surface area contributed by atoms with Crippen molar-refractivity contribution in [1.82, 2.24) is 0 Å². The smallest absolute Gasteiger partial charge is 0.223 e. The van der Waals surface area contributed by atoms with Crippen molar-refractivity contribution in [1.29, 1.82) is 0 Å². The van der Waals surface area contributed by atoms with Gasteiger partial charge in [-0.25, -0.2) is 9.38 Å². The maximum atomic E-state index is 12.8. The van der Waals surface area contributed by atoms with E-state index in [2.05, 4.69) is 9.98 Å². The Labute approximate surface area is 103 Å². The third-order valence-electron chi connectivity index (χ3n) is 1.39. The van der Waals surface area contributed by atoms with Crippen LogP contribution in [0.15, 0.2) is 28.2 Å². The van der Waals surface area contributed by atoms with Crippen LogP contribution in [0, 0.1) is 5.82 Å². The van der Waals surface area contributed by atoms with Crippen molar-refractivity contribution in [3.05, 3.63) is 29.0 Å². The highest BCUT2D eigenvalue weighted by atomic mass is 35.5. The number of hydrogen-bond acceptors (Lipinski definition) is 1. The van der Waals surface area contributed by atoms with Gasteiger partial charge in [0.2, 0.25) is 5.96 Å². The number of nitrogens with zero attached hydrogens (tertiary/aromatic N) is 2. The summed E-state index contributed by atoms with van der Waals surface area (Å²) in [7, 11) is 0. The molecule has 0 heterocycles. The maximum absolute atomic E-state index is 12.8. The molecule has 0 saturated heterocycles. The summed E-state index contributed by atoms with van der Waals surface area (Å²) in [4.78, 5) is 7.28. The summed E-state index contributed by atoms with van der Waals surface area (Å²) in [5.41, 5.74) is 15.9. The predicted octanol–water partition coefficient (Wildman–Crippen LogP) is -2.30. The molecule has 1 rings (SSSR count). The summed E-state index contributed by atoms with van der Waals surface area (Å²) in [6.07, 6.45) is 0. The van der Waals surface area contributed by atoms with Crippen molar-refractivity contribution in [3.63, 3.8) is 0 Å². The van der Waals surface area contributed by atoms with Crippen LogP contribution in [-0.4, -0.2) is 11.9 Å². The molecule has 5 nitrogen and oxygen atoms in total. The number of nitrogens with two attached hydrogens (primary N) is 3. The van der Waals surface area contributed by atoms with Gasteiger partial charge in [-0.15, -0.1) is 0 Å². The topological polar surface area (TPSA) is 103 Å². The Morgan fingerprint density at radius 3 is 2.38 bits per heavy atom. The molecule has 0 aliphatic rings. The number of guanidine groups is 2. The van der Waals surface area contributed by atoms with Crippen molar-refractivity contribution in [2.45, 2.75) is 0 Å². The second-order valence-corrected chi connectivity index (χ2v) is 3.01. The third kappa shape index (κ3) is 4.33. The fourth-order valence-electron chi connectivity index (χ4n) is 0.844. The van der Waals surface area contributed by atoms with Gasteiger partial charge in [0.05, 0.1) is 10.7 Å². The summed E-state index contributed by atoms with van der Waals surface area (Å²) in [5, 5.41) is -0.0475. The van der Waals surface area contributed by atoms with Crippen molar-refractivity contribution < 1.29 is 16.8 Å². The van der Waals surface area contributed by atoms with Crippen LogP contribution in [-0.2, 0) is 0 Å². The number of benzene rings is 1. The van der Waals surface area contributed by atoms with E-state index in [9.17, 15) is 4.39 Å². The Kier molecular flexibility index (Phi) is 5.55. The van der Waals surface area contributed by atoms with Gasteiger partial charge in [0.1, 0.15) is 5.82 Å². The Morgan fingerprint density at radius 2 is 1.88 bits per heavy atom. The molecule has 0 aliphatic heterocycles. The normalized spacial score (nSPS) is 10.5. The molecule has 0 fully saturated rings. The van der Waals surface area contributed by atoms with Crippen LogP contribution < -0.4 is 29.6 Å². The molecule has 0 unspecified atom stereocenters. The van der Waals surface area contributed by atoms with Crippen molar-refractivity contribution in [2.75, 3.05) is 0 Å². The molecule has 1 aromatic rings. The third-order valence-corrected chi connectivity index (χ3v) is 1.68. The van der Waals surface area contributed by atoms with Crippen molar-refractivity contribution >= 4 is 29.2 Å². The van der Waals surface area contributed by atoms with E-state index in [0.717, 1.165) is 0 Å². The van der Waals surface area contributed by atoms with Gasteiger partial charge in [-0.05, 0) is 18.2 Å². The first-order valence-electron chi connectivity index (χ1n) is 3.88. The molecule has 0 saturated carbocycles. The molecular formula is C8H9Cl2FN5-. The van der Waals surface area contributed by atoms with Gasteiger partial charge in [0.25, 0.3) is 0 Å². The zero-order valence-electron chi connectivity index (χ0n) is 7.99. The molecule has 0 aliphatic carbocycles. The minimum Gasteiger partial charge on any atom is -1.00 e. The molecule has 0 aromatic heterocycles. The first-order chi connectivity index (χ1) is 6.99. The molecule has 0 radical (unpaired) electrons. The Hall–Kier alpha value is -1.53. The zero-order chi connectivity index (χ0) is 11.4. The summed E-state index contributed by atoms with van der Waals surface area (Å²) < 4.78 is 12.8. The number of hydrogen-bond donors (Lipinski definition) is 3. The standard InChI is InChI=1S/C8H9ClFN5.ClH/c9-5-3-4(1-2-6(5)10)14-8(13)15-7(11)12;/h1-3H,(H6,11,12,13,14,15);1H/p-1. The van der Waals surface area contributed by atoms with Crippen LogP contribution in [0.4, 0.5) is 10.1 Å². The van der Waals surface area contributed by atoms with E-state index in [0.29, 0.717) is 5.69 Å². The van der Waals surface area contributed by atoms with Crippen LogP contribution in [0.2, 0.25) is 5.02 Å². The quantitative estimate of drug-likeness (QED) is 0.393. The van der Waals surface area contributed by atoms with Gasteiger partial charge in [-0.2, -0.15) is 4.99 Å². The average molecular weight is 265 g/mol. The van der Waals surface area contributed by atoms with Crippen molar-refractivity contribution in [3.8, 4) is 0 Å². The highest BCUT2D eigenvalue weighted by Crippen LogP contribution is 2.21. The van der Waals surface area contributed by atoms with Crippen LogP contribution >= 0.6 is 11.6 Å². The summed E-state index contributed by atoms with van der Waals surface area (Å²) in [6, 6.07) is 3.88. The fraction of sp³-hybridized carbons (Fsp3) is 0. The van der Waals surface area contributed by atoms with Gasteiger partial charge in [-0.3, -0.25) is 0 Å². The minimum atomic E-state index is -0.531. The monoisotopic (exact) mass is 264 g/mol. The van der Waals surface area contributed by atoms with E-state index in [1.807, 2.05) is 0 Å². The van der Waals surface area contributed by atoms with Gasteiger partial charge < -0.3 is 29.6 Å². The van der Waals surface area contributed by atoms with Crippen LogP contribution in [0.25, 0.3) is 0 Å². The second-order valence-electron chi connectivity index (χ2n) is 2.61. The van der Waals surface area contributed by atoms with Crippen molar-refractivity contribution in [2.24, 2.45) is 27.2 Å². The first-order valence-corrected chi connectivity index (χ1v) is 4.25. The number of aliphatic imine (C=N–C) groups is 2. The van der Waals surface area contributed by atoms with E-state index in [1.54, 1.807) is 0 Å². The highest BCUT2D eigenvalue weighted by molar-refractivity contribution is 6.31. The summed E-state index contributed by atoms with van der Waals surface area (Å²) in [5.74, 6) is -0.863. The van der Waals surface area contributed by atoms with E-state index in [1.165, 1.54) is 18.2 Å². The Morgan fingerprint density at radius 1 is 1.25 bits per heavy atom. The van der Waals surface area contributed by atoms with E-state index in [-0.39, 0.29) is 29.3 Å². The van der Waals surface area contributed by atoms with Gasteiger partial charge in [0.15, 0.2) is 5.96 Å². The molecule has 88 valence electrons. The fourth-order valence-corrected chi connectivity index (χ4v) is 1.02. The lowest BCUT2D eigenvalue weighted by atomic mass is 10.3. The average Bonchev–Trinajstić information content (AvgIpc) is 2.10. The first kappa shape index (κ1) is 14.5. The van der Waals surface area contributed by atoms with Crippen LogP contribution in [0.1, 0.15) is 0 Å². The zero-order valence-corrected chi connectivity index (χ0v) is 9.50. The van der Waals surface area contributed by atoms with Gasteiger partial charge in [-0.1, -0.05) is 11.6 Å². The molecule has 16 heavy (non-hydrogen) atoms. The molecule has 0 amide bonds.